The summed E-state index contributed by atoms with van der Waals surface area (Å²) in [5, 5.41) is 3.41. The first-order valence-electron chi connectivity index (χ1n) is 6.55. The Bertz CT molecular complexity index is 281. The third-order valence-corrected chi connectivity index (χ3v) is 4.14. The van der Waals surface area contributed by atoms with E-state index in [1.807, 2.05) is 0 Å². The standard InChI is InChI=1S/C13H24N2O.ClH/c1-10-9-11(5-7-14-10)12(16)15-8-4-6-13(15,2)3;/h10-11,14H,4-9H2,1-3H3;1H/t10-,11-;/m0./s1. The molecule has 1 N–H and O–H groups in total. The lowest BCUT2D eigenvalue weighted by atomic mass is 9.90. The average Bonchev–Trinajstić information content (AvgIpc) is 2.57. The zero-order valence-electron chi connectivity index (χ0n) is 11.2. The average molecular weight is 261 g/mol. The number of hydrogen-bond donors (Lipinski definition) is 1. The Morgan fingerprint density at radius 2 is 2.12 bits per heavy atom. The van der Waals surface area contributed by atoms with E-state index in [0.717, 1.165) is 32.4 Å². The summed E-state index contributed by atoms with van der Waals surface area (Å²) in [4.78, 5) is 14.6. The smallest absolute Gasteiger partial charge is 0.226 e. The molecule has 4 heteroatoms. The highest BCUT2D eigenvalue weighted by Gasteiger charge is 2.39. The van der Waals surface area contributed by atoms with E-state index in [1.54, 1.807) is 0 Å². The fraction of sp³-hybridized carbons (Fsp3) is 0.923. The summed E-state index contributed by atoms with van der Waals surface area (Å²) in [6.45, 7) is 8.52. The second-order valence-corrected chi connectivity index (χ2v) is 5.98. The molecule has 1 amide bonds. The van der Waals surface area contributed by atoms with Gasteiger partial charge in [-0.3, -0.25) is 4.79 Å². The van der Waals surface area contributed by atoms with Crippen LogP contribution in [0.25, 0.3) is 0 Å². The molecule has 0 spiro atoms. The number of rotatable bonds is 1. The first-order chi connectivity index (χ1) is 7.50. The van der Waals surface area contributed by atoms with E-state index in [0.29, 0.717) is 11.9 Å². The highest BCUT2D eigenvalue weighted by molar-refractivity contribution is 5.85. The van der Waals surface area contributed by atoms with Crippen LogP contribution < -0.4 is 5.32 Å². The molecule has 2 aliphatic heterocycles. The molecule has 0 unspecified atom stereocenters. The van der Waals surface area contributed by atoms with Crippen LogP contribution in [0, 0.1) is 5.92 Å². The summed E-state index contributed by atoms with van der Waals surface area (Å²) >= 11 is 0. The van der Waals surface area contributed by atoms with Crippen molar-refractivity contribution in [2.45, 2.75) is 58.0 Å². The van der Waals surface area contributed by atoms with E-state index in [4.69, 9.17) is 0 Å². The summed E-state index contributed by atoms with van der Waals surface area (Å²) in [5.41, 5.74) is 0.0885. The Balaban J connectivity index is 0.00000144. The Kier molecular flexibility index (Phi) is 4.85. The summed E-state index contributed by atoms with van der Waals surface area (Å²) in [6, 6.07) is 0.494. The molecule has 0 bridgehead atoms. The summed E-state index contributed by atoms with van der Waals surface area (Å²) < 4.78 is 0. The minimum Gasteiger partial charge on any atom is -0.337 e. The van der Waals surface area contributed by atoms with Gasteiger partial charge in [0, 0.05) is 24.0 Å². The van der Waals surface area contributed by atoms with Crippen LogP contribution in [-0.2, 0) is 4.79 Å². The van der Waals surface area contributed by atoms with Crippen molar-refractivity contribution in [2.75, 3.05) is 13.1 Å². The molecule has 0 aromatic heterocycles. The molecule has 2 heterocycles. The van der Waals surface area contributed by atoms with Crippen molar-refractivity contribution in [1.29, 1.82) is 0 Å². The molecule has 2 rings (SSSR count). The first-order valence-corrected chi connectivity index (χ1v) is 6.55. The van der Waals surface area contributed by atoms with Crippen molar-refractivity contribution < 1.29 is 4.79 Å². The van der Waals surface area contributed by atoms with Gasteiger partial charge in [0.05, 0.1) is 0 Å². The number of carbonyl (C=O) groups excluding carboxylic acids is 1. The van der Waals surface area contributed by atoms with Gasteiger partial charge in [-0.05, 0) is 53.0 Å². The number of amides is 1. The van der Waals surface area contributed by atoms with Crippen molar-refractivity contribution in [3.63, 3.8) is 0 Å². The van der Waals surface area contributed by atoms with Gasteiger partial charge < -0.3 is 10.2 Å². The predicted octanol–water partition coefficient (Wildman–Crippen LogP) is 2.20. The largest absolute Gasteiger partial charge is 0.337 e. The van der Waals surface area contributed by atoms with E-state index in [1.165, 1.54) is 6.42 Å². The molecule has 100 valence electrons. The molecule has 0 saturated carbocycles. The zero-order valence-corrected chi connectivity index (χ0v) is 12.0. The number of hydrogen-bond acceptors (Lipinski definition) is 2. The minimum atomic E-state index is 0. The maximum atomic E-state index is 12.5. The van der Waals surface area contributed by atoms with Crippen molar-refractivity contribution in [2.24, 2.45) is 5.92 Å². The highest BCUT2D eigenvalue weighted by atomic mass is 35.5. The quantitative estimate of drug-likeness (QED) is 0.784. The van der Waals surface area contributed by atoms with Gasteiger partial charge in [-0.2, -0.15) is 0 Å². The van der Waals surface area contributed by atoms with Gasteiger partial charge in [-0.1, -0.05) is 0 Å². The van der Waals surface area contributed by atoms with Crippen molar-refractivity contribution in [3.05, 3.63) is 0 Å². The maximum Gasteiger partial charge on any atom is 0.226 e. The molecule has 2 fully saturated rings. The van der Waals surface area contributed by atoms with Crippen LogP contribution in [0.4, 0.5) is 0 Å². The highest BCUT2D eigenvalue weighted by Crippen LogP contribution is 2.31. The summed E-state index contributed by atoms with van der Waals surface area (Å²) in [7, 11) is 0. The van der Waals surface area contributed by atoms with Crippen molar-refractivity contribution >= 4 is 18.3 Å². The van der Waals surface area contributed by atoms with Crippen molar-refractivity contribution in [1.82, 2.24) is 10.2 Å². The van der Waals surface area contributed by atoms with Crippen LogP contribution in [0.1, 0.15) is 46.5 Å². The van der Waals surface area contributed by atoms with E-state index in [-0.39, 0.29) is 23.9 Å². The molecule has 2 aliphatic rings. The molecular weight excluding hydrogens is 236 g/mol. The lowest BCUT2D eigenvalue weighted by Crippen LogP contribution is -2.49. The topological polar surface area (TPSA) is 32.3 Å². The molecule has 2 atom stereocenters. The molecule has 17 heavy (non-hydrogen) atoms. The molecule has 0 aromatic rings. The minimum absolute atomic E-state index is 0. The van der Waals surface area contributed by atoms with Crippen LogP contribution >= 0.6 is 12.4 Å². The van der Waals surface area contributed by atoms with Crippen LogP contribution in [0.3, 0.4) is 0 Å². The van der Waals surface area contributed by atoms with Crippen LogP contribution in [0.15, 0.2) is 0 Å². The predicted molar refractivity (Wildman–Crippen MR) is 72.5 cm³/mol. The number of nitrogens with one attached hydrogen (secondary N) is 1. The molecule has 0 aromatic carbocycles. The monoisotopic (exact) mass is 260 g/mol. The lowest BCUT2D eigenvalue weighted by molar-refractivity contribution is -0.139. The fourth-order valence-corrected chi connectivity index (χ4v) is 3.09. The number of nitrogens with zero attached hydrogens (tertiary/aromatic N) is 1. The summed E-state index contributed by atoms with van der Waals surface area (Å²) in [6.07, 6.45) is 4.33. The second kappa shape index (κ2) is 5.57. The Morgan fingerprint density at radius 1 is 1.41 bits per heavy atom. The second-order valence-electron chi connectivity index (χ2n) is 5.98. The van der Waals surface area contributed by atoms with Gasteiger partial charge in [0.15, 0.2) is 0 Å². The molecular formula is C13H25ClN2O. The van der Waals surface area contributed by atoms with Gasteiger partial charge in [0.25, 0.3) is 0 Å². The van der Waals surface area contributed by atoms with Crippen molar-refractivity contribution in [3.8, 4) is 0 Å². The van der Waals surface area contributed by atoms with E-state index in [9.17, 15) is 4.79 Å². The van der Waals surface area contributed by atoms with Gasteiger partial charge in [-0.15, -0.1) is 12.4 Å². The lowest BCUT2D eigenvalue weighted by Gasteiger charge is -2.37. The fourth-order valence-electron chi connectivity index (χ4n) is 3.09. The molecule has 3 nitrogen and oxygen atoms in total. The van der Waals surface area contributed by atoms with Crippen LogP contribution in [0.2, 0.25) is 0 Å². The number of likely N-dealkylation sites (tertiary alicyclic amines) is 1. The van der Waals surface area contributed by atoms with Gasteiger partial charge >= 0.3 is 0 Å². The third-order valence-electron chi connectivity index (χ3n) is 4.14. The SMILES string of the molecule is C[C@H]1C[C@@H](C(=O)N2CCCC2(C)C)CCN1.Cl. The van der Waals surface area contributed by atoms with Gasteiger partial charge in [-0.25, -0.2) is 0 Å². The van der Waals surface area contributed by atoms with E-state index >= 15 is 0 Å². The zero-order chi connectivity index (χ0) is 11.8. The molecule has 2 saturated heterocycles. The molecule has 0 aliphatic carbocycles. The Labute approximate surface area is 111 Å². The van der Waals surface area contributed by atoms with Crippen LogP contribution in [0.5, 0.6) is 0 Å². The van der Waals surface area contributed by atoms with Gasteiger partial charge in [0.1, 0.15) is 0 Å². The Morgan fingerprint density at radius 3 is 2.65 bits per heavy atom. The number of halogens is 1. The first kappa shape index (κ1) is 14.8. The maximum absolute atomic E-state index is 12.5. The number of piperidine rings is 1. The van der Waals surface area contributed by atoms with E-state index < -0.39 is 0 Å². The third kappa shape index (κ3) is 3.14. The molecule has 0 radical (unpaired) electrons. The number of carbonyl (C=O) groups is 1. The Hall–Kier alpha value is -0.280. The van der Waals surface area contributed by atoms with E-state index in [2.05, 4.69) is 31.0 Å². The normalized spacial score (nSPS) is 32.1. The van der Waals surface area contributed by atoms with Crippen LogP contribution in [-0.4, -0.2) is 35.5 Å². The van der Waals surface area contributed by atoms with Gasteiger partial charge in [0.2, 0.25) is 5.91 Å². The summed E-state index contributed by atoms with van der Waals surface area (Å²) in [5.74, 6) is 0.657.